The fourth-order valence-electron chi connectivity index (χ4n) is 3.98. The van der Waals surface area contributed by atoms with E-state index in [0.717, 1.165) is 16.9 Å². The molecule has 11 nitrogen and oxygen atoms in total. The van der Waals surface area contributed by atoms with Crippen LogP contribution in [-0.2, 0) is 9.53 Å². The number of ether oxygens (including phenoxy) is 2. The number of carbonyl (C=O) groups is 2. The zero-order chi connectivity index (χ0) is 22.1. The zero-order valence-corrected chi connectivity index (χ0v) is 17.6. The Kier molecular flexibility index (Phi) is 5.21. The van der Waals surface area contributed by atoms with E-state index in [1.165, 1.54) is 0 Å². The molecule has 1 N–H and O–H groups in total. The number of amides is 2. The van der Waals surface area contributed by atoms with Crippen LogP contribution in [0, 0.1) is 0 Å². The van der Waals surface area contributed by atoms with Crippen LogP contribution in [0.5, 0.6) is 5.88 Å². The molecule has 1 unspecified atom stereocenters. The summed E-state index contributed by atoms with van der Waals surface area (Å²) in [5.41, 5.74) is 2.36. The van der Waals surface area contributed by atoms with Gasteiger partial charge in [0, 0.05) is 44.1 Å². The quantitative estimate of drug-likeness (QED) is 0.642. The Bertz CT molecular complexity index is 1160. The Morgan fingerprint density at radius 3 is 2.78 bits per heavy atom. The average molecular weight is 437 g/mol. The normalized spacial score (nSPS) is 18.7. The first-order valence-corrected chi connectivity index (χ1v) is 10.4. The van der Waals surface area contributed by atoms with Crippen LogP contribution >= 0.6 is 0 Å². The first kappa shape index (κ1) is 20.0. The Hall–Kier alpha value is -3.89. The van der Waals surface area contributed by atoms with Gasteiger partial charge >= 0.3 is 6.09 Å². The lowest BCUT2D eigenvalue weighted by molar-refractivity contribution is -0.119. The van der Waals surface area contributed by atoms with Crippen molar-refractivity contribution in [1.29, 1.82) is 0 Å². The van der Waals surface area contributed by atoms with E-state index in [2.05, 4.69) is 20.3 Å². The Morgan fingerprint density at radius 1 is 1.19 bits per heavy atom. The SMILES string of the molecule is COc1ncccc1-c1cnn2ccc(N3CCN(C(=O)OC4CNC(=O)C4)CC3)nc12. The van der Waals surface area contributed by atoms with E-state index < -0.39 is 0 Å². The van der Waals surface area contributed by atoms with Gasteiger partial charge in [-0.1, -0.05) is 0 Å². The molecular formula is C21H23N7O4. The number of carbonyl (C=O) groups excluding carboxylic acids is 2. The Morgan fingerprint density at radius 2 is 2.03 bits per heavy atom. The molecule has 0 aromatic carbocycles. The van der Waals surface area contributed by atoms with Gasteiger partial charge < -0.3 is 24.6 Å². The maximum atomic E-state index is 12.4. The molecular weight excluding hydrogens is 414 g/mol. The number of hydrogen-bond donors (Lipinski definition) is 1. The molecule has 0 aliphatic carbocycles. The standard InChI is InChI=1S/C21H23N7O4/c1-31-20-15(3-2-5-22-20)16-13-24-28-6-4-17(25-19(16)28)26-7-9-27(10-8-26)21(30)32-14-11-18(29)23-12-14/h2-6,13-14H,7-12H2,1H3,(H,23,29). The van der Waals surface area contributed by atoms with Crippen LogP contribution in [0.15, 0.2) is 36.8 Å². The third kappa shape index (κ3) is 3.77. The topological polar surface area (TPSA) is 114 Å². The fourth-order valence-corrected chi connectivity index (χ4v) is 3.98. The van der Waals surface area contributed by atoms with Crippen molar-refractivity contribution < 1.29 is 19.1 Å². The van der Waals surface area contributed by atoms with E-state index in [-0.39, 0.29) is 24.5 Å². The van der Waals surface area contributed by atoms with E-state index >= 15 is 0 Å². The first-order valence-electron chi connectivity index (χ1n) is 10.4. The molecule has 5 heterocycles. The number of rotatable bonds is 4. The molecule has 1 atom stereocenters. The van der Waals surface area contributed by atoms with Crippen molar-refractivity contribution in [3.63, 3.8) is 0 Å². The van der Waals surface area contributed by atoms with E-state index in [0.29, 0.717) is 44.3 Å². The number of nitrogens with one attached hydrogen (secondary N) is 1. The molecule has 0 bridgehead atoms. The average Bonchev–Trinajstić information content (AvgIpc) is 3.44. The molecule has 2 aliphatic rings. The van der Waals surface area contributed by atoms with E-state index in [1.54, 1.807) is 28.9 Å². The highest BCUT2D eigenvalue weighted by Crippen LogP contribution is 2.31. The van der Waals surface area contributed by atoms with Crippen molar-refractivity contribution in [3.8, 4) is 17.0 Å². The van der Waals surface area contributed by atoms with Crippen LogP contribution in [0.1, 0.15) is 6.42 Å². The van der Waals surface area contributed by atoms with Gasteiger partial charge in [0.1, 0.15) is 11.9 Å². The first-order chi connectivity index (χ1) is 15.6. The van der Waals surface area contributed by atoms with E-state index in [4.69, 9.17) is 14.5 Å². The van der Waals surface area contributed by atoms with Crippen LogP contribution in [-0.4, -0.2) is 82.4 Å². The predicted octanol–water partition coefficient (Wildman–Crippen LogP) is 0.947. The molecule has 11 heteroatoms. The van der Waals surface area contributed by atoms with Crippen molar-refractivity contribution >= 4 is 23.5 Å². The second kappa shape index (κ2) is 8.33. The minimum atomic E-state index is -0.387. The second-order valence-electron chi connectivity index (χ2n) is 7.66. The molecule has 2 saturated heterocycles. The number of fused-ring (bicyclic) bond motifs is 1. The summed E-state index contributed by atoms with van der Waals surface area (Å²) in [6.07, 6.45) is 4.76. The van der Waals surface area contributed by atoms with Gasteiger partial charge in [-0.15, -0.1) is 0 Å². The summed E-state index contributed by atoms with van der Waals surface area (Å²) in [5, 5.41) is 7.07. The number of aromatic nitrogens is 4. The van der Waals surface area contributed by atoms with E-state index in [9.17, 15) is 9.59 Å². The summed E-state index contributed by atoms with van der Waals surface area (Å²) in [6, 6.07) is 5.68. The number of anilines is 1. The fraction of sp³-hybridized carbons (Fsp3) is 0.381. The molecule has 5 rings (SSSR count). The van der Waals surface area contributed by atoms with Crippen LogP contribution < -0.4 is 15.0 Å². The summed E-state index contributed by atoms with van der Waals surface area (Å²) in [6.45, 7) is 2.66. The Balaban J connectivity index is 1.30. The van der Waals surface area contributed by atoms with Gasteiger partial charge in [0.25, 0.3) is 0 Å². The van der Waals surface area contributed by atoms with Gasteiger partial charge in [0.15, 0.2) is 5.65 Å². The third-order valence-electron chi connectivity index (χ3n) is 5.68. The Labute approximate surface area is 183 Å². The summed E-state index contributed by atoms with van der Waals surface area (Å²) >= 11 is 0. The molecule has 32 heavy (non-hydrogen) atoms. The predicted molar refractivity (Wildman–Crippen MR) is 114 cm³/mol. The highest BCUT2D eigenvalue weighted by atomic mass is 16.6. The summed E-state index contributed by atoms with van der Waals surface area (Å²) < 4.78 is 12.5. The van der Waals surface area contributed by atoms with Crippen LogP contribution in [0.4, 0.5) is 10.6 Å². The highest BCUT2D eigenvalue weighted by molar-refractivity contribution is 5.81. The number of piperazine rings is 1. The molecule has 0 saturated carbocycles. The molecule has 2 aliphatic heterocycles. The summed E-state index contributed by atoms with van der Waals surface area (Å²) in [4.78, 5) is 36.6. The van der Waals surface area contributed by atoms with Crippen molar-refractivity contribution in [1.82, 2.24) is 29.8 Å². The van der Waals surface area contributed by atoms with Crippen LogP contribution in [0.25, 0.3) is 16.8 Å². The van der Waals surface area contributed by atoms with Crippen molar-refractivity contribution in [2.45, 2.75) is 12.5 Å². The zero-order valence-electron chi connectivity index (χ0n) is 17.6. The molecule has 3 aromatic rings. The van der Waals surface area contributed by atoms with Gasteiger partial charge in [0.2, 0.25) is 11.8 Å². The molecule has 166 valence electrons. The van der Waals surface area contributed by atoms with Gasteiger partial charge in [-0.2, -0.15) is 5.10 Å². The second-order valence-corrected chi connectivity index (χ2v) is 7.66. The van der Waals surface area contributed by atoms with Crippen LogP contribution in [0.2, 0.25) is 0 Å². The number of pyridine rings is 1. The maximum Gasteiger partial charge on any atom is 0.410 e. The molecule has 0 radical (unpaired) electrons. The van der Waals surface area contributed by atoms with Gasteiger partial charge in [-0.05, 0) is 18.2 Å². The van der Waals surface area contributed by atoms with Gasteiger partial charge in [0.05, 0.1) is 31.8 Å². The lowest BCUT2D eigenvalue weighted by Crippen LogP contribution is -2.49. The lowest BCUT2D eigenvalue weighted by atomic mass is 10.1. The molecule has 2 amide bonds. The number of hydrogen-bond acceptors (Lipinski definition) is 8. The van der Waals surface area contributed by atoms with Gasteiger partial charge in [-0.25, -0.2) is 19.3 Å². The highest BCUT2D eigenvalue weighted by Gasteiger charge is 2.29. The largest absolute Gasteiger partial charge is 0.481 e. The third-order valence-corrected chi connectivity index (χ3v) is 5.68. The number of nitrogens with zero attached hydrogens (tertiary/aromatic N) is 6. The van der Waals surface area contributed by atoms with Crippen molar-refractivity contribution in [2.24, 2.45) is 0 Å². The minimum absolute atomic E-state index is 0.0859. The van der Waals surface area contributed by atoms with Crippen LogP contribution in [0.3, 0.4) is 0 Å². The minimum Gasteiger partial charge on any atom is -0.481 e. The molecule has 3 aromatic heterocycles. The molecule has 0 spiro atoms. The van der Waals surface area contributed by atoms with Crippen molar-refractivity contribution in [2.75, 3.05) is 44.7 Å². The van der Waals surface area contributed by atoms with Gasteiger partial charge in [-0.3, -0.25) is 4.79 Å². The van der Waals surface area contributed by atoms with E-state index in [1.807, 2.05) is 24.4 Å². The smallest absolute Gasteiger partial charge is 0.410 e. The van der Waals surface area contributed by atoms with Crippen molar-refractivity contribution in [3.05, 3.63) is 36.8 Å². The number of methoxy groups -OCH3 is 1. The maximum absolute atomic E-state index is 12.4. The summed E-state index contributed by atoms with van der Waals surface area (Å²) in [7, 11) is 1.59. The summed E-state index contributed by atoms with van der Waals surface area (Å²) in [5.74, 6) is 1.24. The molecule has 2 fully saturated rings. The monoisotopic (exact) mass is 437 g/mol. The lowest BCUT2D eigenvalue weighted by Gasteiger charge is -2.35.